The van der Waals surface area contributed by atoms with Gasteiger partial charge in [0.1, 0.15) is 18.3 Å². The fourth-order valence-corrected chi connectivity index (χ4v) is 3.21. The molecule has 144 valence electrons. The Hall–Kier alpha value is -2.52. The number of fused-ring (bicyclic) bond motifs is 2. The minimum atomic E-state index is -1.59. The molecule has 5 N–H and O–H groups in total. The summed E-state index contributed by atoms with van der Waals surface area (Å²) in [6.45, 7) is 2.96. The fourth-order valence-electron chi connectivity index (χ4n) is 3.21. The van der Waals surface area contributed by atoms with E-state index in [9.17, 15) is 24.9 Å². The lowest BCUT2D eigenvalue weighted by Crippen LogP contribution is -2.42. The predicted molar refractivity (Wildman–Crippen MR) is 100 cm³/mol. The number of hydrogen-bond donors (Lipinski definition) is 5. The largest absolute Gasteiger partial charge is 0.394 e. The van der Waals surface area contributed by atoms with Gasteiger partial charge in [-0.05, 0) is 48.6 Å². The molecule has 0 aliphatic carbocycles. The van der Waals surface area contributed by atoms with E-state index in [1.807, 2.05) is 26.0 Å². The van der Waals surface area contributed by atoms with Crippen LogP contribution in [0.3, 0.4) is 0 Å². The highest BCUT2D eigenvalue weighted by atomic mass is 16.4. The number of aryl methyl sites for hydroxylation is 2. The summed E-state index contributed by atoms with van der Waals surface area (Å²) in [6, 6.07) is 6.71. The second-order valence-corrected chi connectivity index (χ2v) is 6.82. The van der Waals surface area contributed by atoms with Crippen LogP contribution >= 0.6 is 0 Å². The van der Waals surface area contributed by atoms with Crippen LogP contribution in [-0.4, -0.2) is 54.9 Å². The lowest BCUT2D eigenvalue weighted by atomic mass is 10.0. The van der Waals surface area contributed by atoms with Gasteiger partial charge < -0.3 is 25.0 Å². The van der Waals surface area contributed by atoms with Gasteiger partial charge in [-0.2, -0.15) is 0 Å². The summed E-state index contributed by atoms with van der Waals surface area (Å²) >= 11 is 0. The Bertz CT molecular complexity index is 1070. The van der Waals surface area contributed by atoms with E-state index >= 15 is 0 Å². The minimum absolute atomic E-state index is 0.183. The number of benzene rings is 1. The zero-order chi connectivity index (χ0) is 19.9. The van der Waals surface area contributed by atoms with Gasteiger partial charge in [0.25, 0.3) is 11.1 Å². The average Bonchev–Trinajstić information content (AvgIpc) is 2.62. The van der Waals surface area contributed by atoms with Crippen molar-refractivity contribution in [2.24, 2.45) is 0 Å². The van der Waals surface area contributed by atoms with Crippen LogP contribution in [0.25, 0.3) is 22.2 Å². The summed E-state index contributed by atoms with van der Waals surface area (Å²) in [7, 11) is 0. The topological polar surface area (TPSA) is 136 Å². The molecule has 2 heterocycles. The van der Waals surface area contributed by atoms with E-state index in [0.29, 0.717) is 11.2 Å². The normalized spacial score (nSPS) is 15.2. The number of aliphatic hydroxyl groups is 4. The molecule has 0 unspecified atom stereocenters. The van der Waals surface area contributed by atoms with Crippen molar-refractivity contribution in [3.05, 3.63) is 56.1 Å². The maximum absolute atomic E-state index is 12.3. The summed E-state index contributed by atoms with van der Waals surface area (Å²) in [5.74, 6) is 0. The second-order valence-electron chi connectivity index (χ2n) is 6.82. The smallest absolute Gasteiger partial charge is 0.260 e. The van der Waals surface area contributed by atoms with E-state index in [1.165, 1.54) is 6.07 Å². The standard InChI is InChI=1S/C19H22N2O6/c1-9-3-11-5-12-14(6-17(25)20-19(12)27)21(13(11)4-10(9)2)7-15(23)18(26)16(24)8-22/h3-6,15-16,18,22-24,26H,7-8H2,1-2H3,(H,20,25,27)/t15-,16-,18+/m1/s1. The summed E-state index contributed by atoms with van der Waals surface area (Å²) in [4.78, 5) is 26.3. The Morgan fingerprint density at radius 2 is 1.67 bits per heavy atom. The number of nitrogens with one attached hydrogen (secondary N) is 1. The van der Waals surface area contributed by atoms with Crippen LogP contribution in [0.5, 0.6) is 0 Å². The van der Waals surface area contributed by atoms with Crippen molar-refractivity contribution in [2.45, 2.75) is 38.7 Å². The molecule has 0 amide bonds. The van der Waals surface area contributed by atoms with Gasteiger partial charge in [-0.3, -0.25) is 14.6 Å². The molecule has 3 rings (SSSR count). The zero-order valence-electron chi connectivity index (χ0n) is 15.0. The van der Waals surface area contributed by atoms with Crippen LogP contribution in [0, 0.1) is 13.8 Å². The van der Waals surface area contributed by atoms with E-state index in [0.717, 1.165) is 16.5 Å². The van der Waals surface area contributed by atoms with Gasteiger partial charge in [0, 0.05) is 11.6 Å². The van der Waals surface area contributed by atoms with Crippen molar-refractivity contribution in [1.82, 2.24) is 9.55 Å². The lowest BCUT2D eigenvalue weighted by molar-refractivity contribution is -0.0802. The Labute approximate surface area is 154 Å². The summed E-state index contributed by atoms with van der Waals surface area (Å²) in [5.41, 5.74) is 2.13. The van der Waals surface area contributed by atoms with Gasteiger partial charge in [-0.1, -0.05) is 0 Å². The summed E-state index contributed by atoms with van der Waals surface area (Å²) < 4.78 is 1.58. The van der Waals surface area contributed by atoms with Crippen LogP contribution in [0.4, 0.5) is 0 Å². The molecule has 2 aliphatic rings. The Morgan fingerprint density at radius 3 is 2.33 bits per heavy atom. The van der Waals surface area contributed by atoms with Crippen LogP contribution in [0.2, 0.25) is 0 Å². The zero-order valence-corrected chi connectivity index (χ0v) is 15.0. The van der Waals surface area contributed by atoms with Crippen molar-refractivity contribution in [3.8, 4) is 11.3 Å². The molecule has 8 nitrogen and oxygen atoms in total. The van der Waals surface area contributed by atoms with Crippen molar-refractivity contribution in [2.75, 3.05) is 6.61 Å². The Morgan fingerprint density at radius 1 is 1.00 bits per heavy atom. The predicted octanol–water partition coefficient (Wildman–Crippen LogP) is -0.514. The summed E-state index contributed by atoms with van der Waals surface area (Å²) in [6.07, 6.45) is -4.53. The van der Waals surface area contributed by atoms with E-state index in [1.54, 1.807) is 10.6 Å². The number of aromatic nitrogens is 2. The van der Waals surface area contributed by atoms with E-state index in [2.05, 4.69) is 4.98 Å². The Balaban J connectivity index is 2.28. The molecule has 0 aromatic heterocycles. The maximum atomic E-state index is 12.3. The number of nitrogens with zero attached hydrogens (tertiary/aromatic N) is 1. The molecule has 1 aromatic rings. The van der Waals surface area contributed by atoms with E-state index in [-0.39, 0.29) is 12.1 Å². The molecule has 8 heteroatoms. The Kier molecular flexibility index (Phi) is 5.16. The SMILES string of the molecule is Cc1cc2cc3c(=O)[nH]c(=O)cc-3n(C[C@@H](O)[C@H](O)[C@H](O)CO)c2cc1C. The molecular formula is C19H22N2O6. The van der Waals surface area contributed by atoms with Crippen molar-refractivity contribution < 1.29 is 20.4 Å². The number of aromatic amines is 1. The first-order valence-electron chi connectivity index (χ1n) is 8.56. The highest BCUT2D eigenvalue weighted by Gasteiger charge is 2.26. The summed E-state index contributed by atoms with van der Waals surface area (Å²) in [5, 5.41) is 39.7. The van der Waals surface area contributed by atoms with Crippen LogP contribution in [-0.2, 0) is 6.54 Å². The maximum Gasteiger partial charge on any atom is 0.260 e. The number of aliphatic hydroxyl groups excluding tert-OH is 4. The molecule has 0 bridgehead atoms. The van der Waals surface area contributed by atoms with Gasteiger partial charge in [-0.25, -0.2) is 0 Å². The van der Waals surface area contributed by atoms with Crippen molar-refractivity contribution >= 4 is 10.9 Å². The number of rotatable bonds is 5. The first kappa shape index (κ1) is 19.2. The molecule has 0 radical (unpaired) electrons. The van der Waals surface area contributed by atoms with Crippen molar-refractivity contribution in [3.63, 3.8) is 0 Å². The first-order chi connectivity index (χ1) is 12.7. The van der Waals surface area contributed by atoms with Crippen molar-refractivity contribution in [1.29, 1.82) is 0 Å². The van der Waals surface area contributed by atoms with E-state index in [4.69, 9.17) is 5.11 Å². The number of hydrogen-bond acceptors (Lipinski definition) is 6. The molecule has 0 saturated carbocycles. The quantitative estimate of drug-likeness (QED) is 0.382. The highest BCUT2D eigenvalue weighted by molar-refractivity contribution is 5.87. The van der Waals surface area contributed by atoms with Gasteiger partial charge in [0.05, 0.1) is 24.4 Å². The molecule has 27 heavy (non-hydrogen) atoms. The third-order valence-electron chi connectivity index (χ3n) is 4.89. The molecule has 0 saturated heterocycles. The molecule has 0 fully saturated rings. The van der Waals surface area contributed by atoms with Gasteiger partial charge in [-0.15, -0.1) is 0 Å². The second kappa shape index (κ2) is 7.24. The fraction of sp³-hybridized carbons (Fsp3) is 0.368. The molecular weight excluding hydrogens is 352 g/mol. The number of pyridine rings is 2. The molecule has 3 atom stereocenters. The number of H-pyrrole nitrogens is 1. The third-order valence-corrected chi connectivity index (χ3v) is 4.89. The molecule has 1 aromatic carbocycles. The highest BCUT2D eigenvalue weighted by Crippen LogP contribution is 2.28. The van der Waals surface area contributed by atoms with E-state index < -0.39 is 36.0 Å². The monoisotopic (exact) mass is 374 g/mol. The molecule has 2 aliphatic heterocycles. The average molecular weight is 374 g/mol. The van der Waals surface area contributed by atoms with Crippen LogP contribution in [0.1, 0.15) is 11.1 Å². The minimum Gasteiger partial charge on any atom is -0.394 e. The van der Waals surface area contributed by atoms with Crippen LogP contribution < -0.4 is 11.1 Å². The molecule has 0 spiro atoms. The van der Waals surface area contributed by atoms with Gasteiger partial charge in [0.15, 0.2) is 0 Å². The first-order valence-corrected chi connectivity index (χ1v) is 8.56. The lowest BCUT2D eigenvalue weighted by Gasteiger charge is -2.26. The van der Waals surface area contributed by atoms with Crippen LogP contribution in [0.15, 0.2) is 33.9 Å². The van der Waals surface area contributed by atoms with Gasteiger partial charge in [0.2, 0.25) is 0 Å². The third kappa shape index (κ3) is 3.52. The van der Waals surface area contributed by atoms with Gasteiger partial charge >= 0.3 is 0 Å².